The lowest BCUT2D eigenvalue weighted by molar-refractivity contribution is -0.143. The number of carbonyl (C=O) groups is 1. The van der Waals surface area contributed by atoms with Crippen LogP contribution < -0.4 is 0 Å². The van der Waals surface area contributed by atoms with Gasteiger partial charge in [-0.25, -0.2) is 0 Å². The first-order chi connectivity index (χ1) is 8.63. The van der Waals surface area contributed by atoms with E-state index in [-0.39, 0.29) is 0 Å². The summed E-state index contributed by atoms with van der Waals surface area (Å²) >= 11 is 0. The Bertz CT molecular complexity index is 603. The van der Waals surface area contributed by atoms with Gasteiger partial charge in [0.1, 0.15) is 11.3 Å². The van der Waals surface area contributed by atoms with Crippen LogP contribution in [0.3, 0.4) is 0 Å². The van der Waals surface area contributed by atoms with Gasteiger partial charge < -0.3 is 9.52 Å². The van der Waals surface area contributed by atoms with Gasteiger partial charge in [0, 0.05) is 10.9 Å². The molecule has 0 spiro atoms. The van der Waals surface area contributed by atoms with E-state index in [1.807, 2.05) is 31.2 Å². The molecule has 3 heteroatoms. The fourth-order valence-electron chi connectivity index (χ4n) is 3.15. The standard InChI is InChI=1S/C15H16O3/c1-10-9-11-5-4-6-12(13(11)18-10)15(14(16)17)7-2-3-8-15/h4-6,9H,2-3,7-8H2,1H3,(H,16,17). The average Bonchev–Trinajstić information content (AvgIpc) is 2.93. The van der Waals surface area contributed by atoms with E-state index in [0.717, 1.165) is 35.1 Å². The number of hydrogen-bond donors (Lipinski definition) is 1. The smallest absolute Gasteiger partial charge is 0.314 e. The van der Waals surface area contributed by atoms with Crippen LogP contribution in [-0.4, -0.2) is 11.1 Å². The molecular formula is C15H16O3. The van der Waals surface area contributed by atoms with E-state index < -0.39 is 11.4 Å². The molecule has 2 aromatic rings. The molecule has 1 heterocycles. The predicted molar refractivity (Wildman–Crippen MR) is 68.7 cm³/mol. The topological polar surface area (TPSA) is 50.4 Å². The Labute approximate surface area is 105 Å². The zero-order valence-corrected chi connectivity index (χ0v) is 10.4. The highest BCUT2D eigenvalue weighted by Crippen LogP contribution is 2.44. The van der Waals surface area contributed by atoms with E-state index in [4.69, 9.17) is 4.42 Å². The third-order valence-corrected chi connectivity index (χ3v) is 4.05. The van der Waals surface area contributed by atoms with E-state index in [1.54, 1.807) is 0 Å². The van der Waals surface area contributed by atoms with Crippen molar-refractivity contribution in [2.45, 2.75) is 38.0 Å². The highest BCUT2D eigenvalue weighted by atomic mass is 16.4. The second-order valence-corrected chi connectivity index (χ2v) is 5.18. The number of aryl methyl sites for hydroxylation is 1. The second-order valence-electron chi connectivity index (χ2n) is 5.18. The van der Waals surface area contributed by atoms with Crippen LogP contribution in [0.4, 0.5) is 0 Å². The Morgan fingerprint density at radius 1 is 1.33 bits per heavy atom. The van der Waals surface area contributed by atoms with Gasteiger partial charge in [0.2, 0.25) is 0 Å². The van der Waals surface area contributed by atoms with Gasteiger partial charge in [0.05, 0.1) is 5.41 Å². The highest BCUT2D eigenvalue weighted by molar-refractivity contribution is 5.90. The van der Waals surface area contributed by atoms with Crippen molar-refractivity contribution < 1.29 is 14.3 Å². The lowest BCUT2D eigenvalue weighted by atomic mass is 9.78. The number of carboxylic acid groups (broad SMARTS) is 1. The van der Waals surface area contributed by atoms with Crippen LogP contribution in [0.2, 0.25) is 0 Å². The minimum Gasteiger partial charge on any atom is -0.481 e. The number of fused-ring (bicyclic) bond motifs is 1. The summed E-state index contributed by atoms with van der Waals surface area (Å²) in [5.74, 6) is 0.109. The maximum atomic E-state index is 11.7. The molecule has 1 aromatic carbocycles. The van der Waals surface area contributed by atoms with Crippen LogP contribution in [0.15, 0.2) is 28.7 Å². The third-order valence-electron chi connectivity index (χ3n) is 4.05. The normalized spacial score (nSPS) is 18.3. The molecule has 0 radical (unpaired) electrons. The molecule has 1 N–H and O–H groups in total. The van der Waals surface area contributed by atoms with Crippen molar-refractivity contribution in [3.05, 3.63) is 35.6 Å². The fraction of sp³-hybridized carbons (Fsp3) is 0.400. The van der Waals surface area contributed by atoms with Crippen LogP contribution in [0.5, 0.6) is 0 Å². The Kier molecular flexibility index (Phi) is 2.44. The summed E-state index contributed by atoms with van der Waals surface area (Å²) in [7, 11) is 0. The van der Waals surface area contributed by atoms with E-state index >= 15 is 0 Å². The Morgan fingerprint density at radius 2 is 2.06 bits per heavy atom. The summed E-state index contributed by atoms with van der Waals surface area (Å²) in [6, 6.07) is 7.77. The summed E-state index contributed by atoms with van der Waals surface area (Å²) in [4.78, 5) is 11.7. The lowest BCUT2D eigenvalue weighted by Crippen LogP contribution is -2.32. The van der Waals surface area contributed by atoms with Gasteiger partial charge in [-0.3, -0.25) is 4.79 Å². The van der Waals surface area contributed by atoms with Crippen molar-refractivity contribution in [2.24, 2.45) is 0 Å². The Balaban J connectivity index is 2.26. The van der Waals surface area contributed by atoms with Crippen molar-refractivity contribution in [1.29, 1.82) is 0 Å². The molecule has 94 valence electrons. The molecule has 1 fully saturated rings. The van der Waals surface area contributed by atoms with E-state index in [0.29, 0.717) is 12.8 Å². The lowest BCUT2D eigenvalue weighted by Gasteiger charge is -2.24. The minimum absolute atomic E-state index is 0.710. The average molecular weight is 244 g/mol. The van der Waals surface area contributed by atoms with Crippen LogP contribution >= 0.6 is 0 Å². The molecule has 18 heavy (non-hydrogen) atoms. The Hall–Kier alpha value is -1.77. The number of rotatable bonds is 2. The van der Waals surface area contributed by atoms with Gasteiger partial charge >= 0.3 is 5.97 Å². The number of furan rings is 1. The zero-order valence-electron chi connectivity index (χ0n) is 10.4. The molecule has 3 rings (SSSR count). The number of hydrogen-bond acceptors (Lipinski definition) is 2. The molecular weight excluding hydrogens is 228 g/mol. The predicted octanol–water partition coefficient (Wildman–Crippen LogP) is 3.64. The van der Waals surface area contributed by atoms with Gasteiger partial charge in [-0.15, -0.1) is 0 Å². The summed E-state index contributed by atoms with van der Waals surface area (Å²) in [6.45, 7) is 1.89. The number of carboxylic acids is 1. The minimum atomic E-state index is -0.746. The van der Waals surface area contributed by atoms with Crippen LogP contribution in [0, 0.1) is 6.92 Å². The largest absolute Gasteiger partial charge is 0.481 e. The molecule has 1 aromatic heterocycles. The number of para-hydroxylation sites is 1. The number of aliphatic carboxylic acids is 1. The fourth-order valence-corrected chi connectivity index (χ4v) is 3.15. The molecule has 0 atom stereocenters. The van der Waals surface area contributed by atoms with E-state index in [1.165, 1.54) is 0 Å². The highest BCUT2D eigenvalue weighted by Gasteiger charge is 2.44. The monoisotopic (exact) mass is 244 g/mol. The first-order valence-electron chi connectivity index (χ1n) is 6.36. The molecule has 0 saturated heterocycles. The summed E-state index contributed by atoms with van der Waals surface area (Å²) in [6.07, 6.45) is 3.37. The SMILES string of the molecule is Cc1cc2cccc(C3(C(=O)O)CCCC3)c2o1. The first-order valence-corrected chi connectivity index (χ1v) is 6.36. The maximum Gasteiger partial charge on any atom is 0.314 e. The molecule has 1 aliphatic carbocycles. The molecule has 1 saturated carbocycles. The Morgan fingerprint density at radius 3 is 2.72 bits per heavy atom. The van der Waals surface area contributed by atoms with Gasteiger partial charge in [-0.2, -0.15) is 0 Å². The summed E-state index contributed by atoms with van der Waals surface area (Å²) in [5, 5.41) is 10.6. The van der Waals surface area contributed by atoms with E-state index in [9.17, 15) is 9.90 Å². The second kappa shape index (κ2) is 3.87. The maximum absolute atomic E-state index is 11.7. The van der Waals surface area contributed by atoms with Gasteiger partial charge in [0.15, 0.2) is 0 Å². The first kappa shape index (κ1) is 11.3. The van der Waals surface area contributed by atoms with Gasteiger partial charge in [-0.05, 0) is 25.8 Å². The number of benzene rings is 1. The van der Waals surface area contributed by atoms with Crippen LogP contribution in [-0.2, 0) is 10.2 Å². The van der Waals surface area contributed by atoms with Gasteiger partial charge in [-0.1, -0.05) is 31.0 Å². The summed E-state index contributed by atoms with van der Waals surface area (Å²) < 4.78 is 5.72. The van der Waals surface area contributed by atoms with Crippen molar-refractivity contribution in [3.8, 4) is 0 Å². The van der Waals surface area contributed by atoms with Crippen molar-refractivity contribution >= 4 is 16.9 Å². The van der Waals surface area contributed by atoms with Crippen molar-refractivity contribution in [3.63, 3.8) is 0 Å². The van der Waals surface area contributed by atoms with Crippen LogP contribution in [0.1, 0.15) is 37.0 Å². The molecule has 1 aliphatic rings. The van der Waals surface area contributed by atoms with Crippen molar-refractivity contribution in [2.75, 3.05) is 0 Å². The molecule has 0 bridgehead atoms. The zero-order chi connectivity index (χ0) is 12.8. The molecule has 0 aliphatic heterocycles. The molecule has 3 nitrogen and oxygen atoms in total. The van der Waals surface area contributed by atoms with E-state index in [2.05, 4.69) is 0 Å². The third kappa shape index (κ3) is 1.47. The van der Waals surface area contributed by atoms with Crippen LogP contribution in [0.25, 0.3) is 11.0 Å². The summed E-state index contributed by atoms with van der Waals surface area (Å²) in [5.41, 5.74) is 0.849. The van der Waals surface area contributed by atoms with Gasteiger partial charge in [0.25, 0.3) is 0 Å². The molecule has 0 amide bonds. The molecule has 0 unspecified atom stereocenters. The quantitative estimate of drug-likeness (QED) is 0.877. The van der Waals surface area contributed by atoms with Crippen molar-refractivity contribution in [1.82, 2.24) is 0 Å².